The quantitative estimate of drug-likeness (QED) is 0.135. The molecule has 72 heavy (non-hydrogen) atoms. The number of halogens is 9. The van der Waals surface area contributed by atoms with Crippen LogP contribution in [0.2, 0.25) is 0 Å². The van der Waals surface area contributed by atoms with Crippen LogP contribution in [0.5, 0.6) is 0 Å². The maximum Gasteiger partial charge on any atom is 1.00 e. The smallest absolute Gasteiger partial charge is 1.00 e. The first-order chi connectivity index (χ1) is 0. The Kier molecular flexibility index (Phi) is 18900. The van der Waals surface area contributed by atoms with Crippen LogP contribution in [0, 0.1) is 0 Å². The van der Waals surface area contributed by atoms with E-state index < -0.39 is 0 Å². The zero-order valence-corrected chi connectivity index (χ0v) is 104. The zero-order chi connectivity index (χ0) is 0. The Morgan fingerprint density at radius 2 is 0.181 bits per heavy atom. The summed E-state index contributed by atoms with van der Waals surface area (Å²) in [6.45, 7) is 0. The standard InChI is InChI=1S/29CH4.4FH.5HI.7K.10H3P.9H2S.V.3W.4Y.7H2.7H/h29*1H4;9*1H;;;;;;;;10*1H3;9*1H2;;;;;;;;;7*1H;;;;;;;/q;;;;;;;;;;;;;;;;;;;;;;;;;;;;;;;;;;;;;;7*+1;;;;;;;;;;;;;;;;;;;;;;;;;;;;;;;;;;;7*-1/i;;;;;;;;;;;;;;;;;;;;;;;;;;;;;;;;;;;;;;;;;;;;;;;;;;;;;;;;;;;;;;;;;;;;;;;;2*1+2;1+1;;;;;;;;;;;. The minimum absolute atomic E-state index is 0. The van der Waals surface area contributed by atoms with Crippen molar-refractivity contribution in [1.29, 1.82) is 0 Å². The average Bonchev–Trinajstić information content (AvgIpc) is 0. The average molecular weight is 3090 g/mol. The summed E-state index contributed by atoms with van der Waals surface area (Å²) in [5, 5.41) is 0. The van der Waals surface area contributed by atoms with Crippen LogP contribution >= 0.6 is 340 Å². The second kappa shape index (κ2) is 1150. The van der Waals surface area contributed by atoms with E-state index in [9.17, 15) is 0 Å². The second-order valence-electron chi connectivity index (χ2n) is 0. The Morgan fingerprint density at radius 1 is 0.181 bits per heavy atom. The molecule has 0 aliphatic heterocycles. The maximum atomic E-state index is 0. The molecular formula is C29H194F4I5K7P10S9VW3Y4. The van der Waals surface area contributed by atoms with Crippen LogP contribution in [-0.2, 0) is 213 Å². The van der Waals surface area contributed by atoms with Crippen LogP contribution in [0.15, 0.2) is 0 Å². The summed E-state index contributed by atoms with van der Waals surface area (Å²) in [4.78, 5) is 0. The summed E-state index contributed by atoms with van der Waals surface area (Å²) in [7, 11) is 0. The predicted molar refractivity (Wildman–Crippen MR) is 509 cm³/mol. The molecular weight excluding hydrogens is 2890 g/mol. The van der Waals surface area contributed by atoms with E-state index >= 15 is 0 Å². The topological polar surface area (TPSA) is 0 Å². The van der Waals surface area contributed by atoms with Gasteiger partial charge in [-0.1, -0.05) is 215 Å². The summed E-state index contributed by atoms with van der Waals surface area (Å²) < 4.78 is 0. The molecule has 0 saturated heterocycles. The van der Waals surface area contributed by atoms with Crippen molar-refractivity contribution in [2.75, 3.05) is 0 Å². The van der Waals surface area contributed by atoms with Gasteiger partial charge in [-0.15, -0.1) is 120 Å². The maximum absolute atomic E-state index is 0. The fourth-order valence-corrected chi connectivity index (χ4v) is 0. The van der Waals surface area contributed by atoms with Crippen molar-refractivity contribution < 1.29 is 611 Å². The fourth-order valence-electron chi connectivity index (χ4n) is 0. The summed E-state index contributed by atoms with van der Waals surface area (Å²) in [6, 6.07) is 0. The van der Waals surface area contributed by atoms with Crippen molar-refractivity contribution in [1.82, 2.24) is 0 Å². The minimum Gasteiger partial charge on any atom is -1.00 e. The predicted octanol–water partition coefficient (Wildman–Crippen LogP) is 5.26. The Hall–Kier alpha value is 29.3. The van der Waals surface area contributed by atoms with E-state index in [2.05, 4.69) is 0 Å². The summed E-state index contributed by atoms with van der Waals surface area (Å²) in [5.74, 6) is 0. The molecule has 0 fully saturated rings. The monoisotopic (exact) mass is 3090 g/mol. The van der Waals surface area contributed by atoms with Gasteiger partial charge in [-0.05, 0) is 0 Å². The SMILES string of the molecule is C.C.C.C.C.C.C.C.C.C.C.C.C.C.C.C.C.C.C.C.C.C.C.C.C.C.C.C.C.F.F.F.F.I.I.I.I.I.P.P.P.P.P.P.P.P.P.P.S.S.S.S.S.S.S.S.S.[2HH].[3HH].[3HH].[H-].[H-].[H-].[H-].[H-].[H-].[H-].[HH].[HH].[HH].[HH].[K+].[K+].[K+].[K+].[K+].[K+].[K+].[V].[W].[W].[W].[Y].[Y].[Y].[Y]. The van der Waals surface area contributed by atoms with E-state index in [4.69, 9.17) is 0 Å². The third-order valence-electron chi connectivity index (χ3n) is 0. The van der Waals surface area contributed by atoms with Crippen LogP contribution in [0.25, 0.3) is 0 Å². The van der Waals surface area contributed by atoms with Crippen LogP contribution in [0.3, 0.4) is 0 Å². The molecule has 0 amide bonds. The van der Waals surface area contributed by atoms with Gasteiger partial charge in [0.25, 0.3) is 0 Å². The van der Waals surface area contributed by atoms with E-state index in [0.717, 1.165) is 0 Å². The molecule has 0 heterocycles. The molecule has 0 aliphatic rings. The molecule has 0 aromatic heterocycles. The molecule has 0 N–H and O–H groups in total. The van der Waals surface area contributed by atoms with E-state index in [0.29, 0.717) is 0 Å². The van der Waals surface area contributed by atoms with Crippen LogP contribution in [0.4, 0.5) is 18.8 Å². The zero-order valence-electron chi connectivity index (χ0n) is 33.2. The molecule has 0 spiro atoms. The van der Waals surface area contributed by atoms with Gasteiger partial charge in [0.05, 0.1) is 0 Å². The van der Waals surface area contributed by atoms with Crippen LogP contribution in [-0.4, -0.2) is 0 Å². The summed E-state index contributed by atoms with van der Waals surface area (Å²) >= 11 is 0. The number of hydrogen-bond acceptors (Lipinski definition) is 0. The third-order valence-corrected chi connectivity index (χ3v) is 0. The van der Waals surface area contributed by atoms with Gasteiger partial charge in [0.1, 0.15) is 0 Å². The van der Waals surface area contributed by atoms with Crippen molar-refractivity contribution in [2.45, 2.75) is 215 Å². The molecule has 10 atom stereocenters. The van der Waals surface area contributed by atoms with Crippen molar-refractivity contribution in [3.63, 3.8) is 0 Å². The normalized spacial score (nSPS) is 0. The first-order valence-corrected chi connectivity index (χ1v) is 0. The van der Waals surface area contributed by atoms with Crippen molar-refractivity contribution in [2.24, 2.45) is 0 Å². The summed E-state index contributed by atoms with van der Waals surface area (Å²) in [6.07, 6.45) is 0. The summed E-state index contributed by atoms with van der Waals surface area (Å²) in [5.41, 5.74) is 0. The molecule has 519 valence electrons. The Balaban J connectivity index is 0. The van der Waals surface area contributed by atoms with Gasteiger partial charge < -0.3 is 9.99 Å². The molecule has 0 aliphatic carbocycles. The second-order valence-corrected chi connectivity index (χ2v) is 0. The van der Waals surface area contributed by atoms with Crippen LogP contribution < -0.4 is 360 Å². The van der Waals surface area contributed by atoms with E-state index in [1.54, 1.807) is 0 Å². The van der Waals surface area contributed by atoms with Crippen molar-refractivity contribution in [3.05, 3.63) is 0 Å². The Labute approximate surface area is 1130 Å². The molecule has 0 bridgehead atoms. The van der Waals surface area contributed by atoms with E-state index in [1.165, 1.54) is 0 Å². The largest absolute Gasteiger partial charge is 1.00 e. The Bertz CT molecular complexity index is 245. The molecule has 0 nitrogen and oxygen atoms in total. The van der Waals surface area contributed by atoms with Crippen LogP contribution in [0.1, 0.15) is 235 Å². The van der Waals surface area contributed by atoms with Crippen molar-refractivity contribution >= 4 is 340 Å². The molecule has 10 unspecified atom stereocenters. The van der Waals surface area contributed by atoms with Gasteiger partial charge in [-0.25, -0.2) is 0 Å². The minimum atomic E-state index is 0. The molecule has 43 heteroatoms. The number of hydrogen-bond donors (Lipinski definition) is 0. The van der Waals surface area contributed by atoms with E-state index in [-0.39, 0.29) is 1170 Å². The van der Waals surface area contributed by atoms with Gasteiger partial charge >= 0.3 is 360 Å². The van der Waals surface area contributed by atoms with Gasteiger partial charge in [0.15, 0.2) is 0 Å². The van der Waals surface area contributed by atoms with E-state index in [1.807, 2.05) is 0 Å². The van der Waals surface area contributed by atoms with Gasteiger partial charge in [-0.3, -0.25) is 18.8 Å². The van der Waals surface area contributed by atoms with Gasteiger partial charge in [0.2, 0.25) is 0 Å². The Morgan fingerprint density at radius 3 is 0.181 bits per heavy atom. The first kappa shape index (κ1) is 1190. The molecule has 0 saturated carbocycles. The molecule has 5 radical (unpaired) electrons. The number of rotatable bonds is 0. The molecule has 0 rings (SSSR count). The third kappa shape index (κ3) is 1120. The van der Waals surface area contributed by atoms with Gasteiger partial charge in [-0.2, -0.15) is 220 Å². The molecule has 0 aromatic carbocycles. The fraction of sp³-hybridized carbons (Fsp3) is 1.00. The first-order valence-electron chi connectivity index (χ1n) is 0. The van der Waals surface area contributed by atoms with Gasteiger partial charge in [0, 0.05) is 223 Å². The molecule has 0 aromatic rings. The van der Waals surface area contributed by atoms with Crippen molar-refractivity contribution in [3.8, 4) is 0 Å².